The summed E-state index contributed by atoms with van der Waals surface area (Å²) in [5.74, 6) is 0.176. The number of nitrogens with zero attached hydrogens (tertiary/aromatic N) is 2. The second kappa shape index (κ2) is 9.43. The van der Waals surface area contributed by atoms with Gasteiger partial charge in [0.2, 0.25) is 11.8 Å². The largest absolute Gasteiger partial charge is 0.495 e. The van der Waals surface area contributed by atoms with E-state index in [1.54, 1.807) is 30.2 Å². The molecule has 1 N–H and O–H groups in total. The summed E-state index contributed by atoms with van der Waals surface area (Å²) in [5.41, 5.74) is 2.40. The molecule has 6 nitrogen and oxygen atoms in total. The molecule has 0 radical (unpaired) electrons. The lowest BCUT2D eigenvalue weighted by atomic mass is 10.2. The molecule has 0 aliphatic carbocycles. The summed E-state index contributed by atoms with van der Waals surface area (Å²) in [5, 5.41) is 2.87. The predicted octanol–water partition coefficient (Wildman–Crippen LogP) is 4.15. The number of thioether (sulfide) groups is 1. The van der Waals surface area contributed by atoms with Gasteiger partial charge in [0.15, 0.2) is 5.17 Å². The number of amides is 2. The Bertz CT molecular complexity index is 958. The summed E-state index contributed by atoms with van der Waals surface area (Å²) in [6.07, 6.45) is 1.70. The van der Waals surface area contributed by atoms with Crippen molar-refractivity contribution in [3.05, 3.63) is 66.7 Å². The molecule has 2 amide bonds. The summed E-state index contributed by atoms with van der Waals surface area (Å²) >= 11 is 1.31. The highest BCUT2D eigenvalue weighted by molar-refractivity contribution is 8.15. The van der Waals surface area contributed by atoms with Crippen LogP contribution in [0.25, 0.3) is 0 Å². The molecule has 0 saturated carbocycles. The number of rotatable bonds is 7. The van der Waals surface area contributed by atoms with Crippen LogP contribution in [-0.4, -0.2) is 40.8 Å². The molecule has 0 spiro atoms. The van der Waals surface area contributed by atoms with E-state index in [-0.39, 0.29) is 18.2 Å². The SMILES string of the molecule is C=CCN1C(=O)[C@@H](CC(=O)Nc2ccccc2OC)SC1=Nc1ccccc1C. The molecule has 0 bridgehead atoms. The van der Waals surface area contributed by atoms with Crippen molar-refractivity contribution in [2.75, 3.05) is 19.0 Å². The zero-order valence-electron chi connectivity index (χ0n) is 16.4. The van der Waals surface area contributed by atoms with Crippen molar-refractivity contribution >= 4 is 40.1 Å². The fourth-order valence-electron chi connectivity index (χ4n) is 2.93. The Morgan fingerprint density at radius 3 is 2.72 bits per heavy atom. The Hall–Kier alpha value is -3.06. The molecule has 29 heavy (non-hydrogen) atoms. The van der Waals surface area contributed by atoms with Gasteiger partial charge in [0.1, 0.15) is 11.0 Å². The third-order valence-corrected chi connectivity index (χ3v) is 5.59. The molecule has 1 fully saturated rings. The zero-order valence-corrected chi connectivity index (χ0v) is 17.2. The van der Waals surface area contributed by atoms with Gasteiger partial charge in [-0.1, -0.05) is 48.2 Å². The van der Waals surface area contributed by atoms with Gasteiger partial charge in [-0.25, -0.2) is 4.99 Å². The van der Waals surface area contributed by atoms with Crippen LogP contribution in [0.2, 0.25) is 0 Å². The average Bonchev–Trinajstić information content (AvgIpc) is 2.99. The Balaban J connectivity index is 1.76. The zero-order chi connectivity index (χ0) is 20.8. The van der Waals surface area contributed by atoms with Crippen LogP contribution in [0.4, 0.5) is 11.4 Å². The maximum absolute atomic E-state index is 12.9. The first-order valence-electron chi connectivity index (χ1n) is 9.19. The van der Waals surface area contributed by atoms with E-state index in [1.807, 2.05) is 43.3 Å². The van der Waals surface area contributed by atoms with Crippen LogP contribution in [0.5, 0.6) is 5.75 Å². The van der Waals surface area contributed by atoms with Crippen LogP contribution in [0.1, 0.15) is 12.0 Å². The quantitative estimate of drug-likeness (QED) is 0.698. The lowest BCUT2D eigenvalue weighted by molar-refractivity contribution is -0.127. The maximum atomic E-state index is 12.9. The Morgan fingerprint density at radius 1 is 1.28 bits per heavy atom. The van der Waals surface area contributed by atoms with Gasteiger partial charge in [-0.15, -0.1) is 6.58 Å². The summed E-state index contributed by atoms with van der Waals surface area (Å²) in [7, 11) is 1.54. The summed E-state index contributed by atoms with van der Waals surface area (Å²) in [6.45, 7) is 6.04. The molecular weight excluding hydrogens is 386 g/mol. The van der Waals surface area contributed by atoms with Crippen molar-refractivity contribution in [3.8, 4) is 5.75 Å². The second-order valence-electron chi connectivity index (χ2n) is 6.48. The summed E-state index contributed by atoms with van der Waals surface area (Å²) in [6, 6.07) is 14.9. The number of carbonyl (C=O) groups is 2. The number of nitrogens with one attached hydrogen (secondary N) is 1. The smallest absolute Gasteiger partial charge is 0.242 e. The number of benzene rings is 2. The fraction of sp³-hybridized carbons (Fsp3) is 0.227. The number of hydrogen-bond acceptors (Lipinski definition) is 5. The van der Waals surface area contributed by atoms with Gasteiger partial charge >= 0.3 is 0 Å². The molecule has 2 aromatic carbocycles. The van der Waals surface area contributed by atoms with Crippen molar-refractivity contribution in [1.82, 2.24) is 4.90 Å². The minimum absolute atomic E-state index is 0.0436. The standard InChI is InChI=1S/C22H23N3O3S/c1-4-13-25-21(27)19(29-22(25)24-16-10-6-5-9-15(16)2)14-20(26)23-17-11-7-8-12-18(17)28-3/h4-12,19H,1,13-14H2,2-3H3,(H,23,26)/t19-/m1/s1. The Morgan fingerprint density at radius 2 is 2.00 bits per heavy atom. The molecular formula is C22H23N3O3S. The van der Waals surface area contributed by atoms with E-state index < -0.39 is 5.25 Å². The Kier molecular flexibility index (Phi) is 6.72. The van der Waals surface area contributed by atoms with E-state index in [0.717, 1.165) is 11.3 Å². The second-order valence-corrected chi connectivity index (χ2v) is 7.65. The van der Waals surface area contributed by atoms with Gasteiger partial charge in [-0.3, -0.25) is 14.5 Å². The normalized spacial score (nSPS) is 17.4. The van der Waals surface area contributed by atoms with Crippen LogP contribution in [0.3, 0.4) is 0 Å². The molecule has 1 atom stereocenters. The van der Waals surface area contributed by atoms with E-state index in [4.69, 9.17) is 4.74 Å². The number of aliphatic imine (C=N–C) groups is 1. The molecule has 7 heteroatoms. The highest BCUT2D eigenvalue weighted by atomic mass is 32.2. The maximum Gasteiger partial charge on any atom is 0.242 e. The lowest BCUT2D eigenvalue weighted by Crippen LogP contribution is -2.33. The molecule has 1 heterocycles. The van der Waals surface area contributed by atoms with Gasteiger partial charge < -0.3 is 10.1 Å². The molecule has 0 aromatic heterocycles. The third-order valence-electron chi connectivity index (χ3n) is 4.42. The number of para-hydroxylation sites is 3. The lowest BCUT2D eigenvalue weighted by Gasteiger charge is -2.14. The fourth-order valence-corrected chi connectivity index (χ4v) is 4.09. The van der Waals surface area contributed by atoms with Gasteiger partial charge in [-0.2, -0.15) is 0 Å². The van der Waals surface area contributed by atoms with Gasteiger partial charge in [0, 0.05) is 13.0 Å². The predicted molar refractivity (Wildman–Crippen MR) is 118 cm³/mol. The van der Waals surface area contributed by atoms with E-state index in [0.29, 0.717) is 23.1 Å². The van der Waals surface area contributed by atoms with Crippen LogP contribution in [-0.2, 0) is 9.59 Å². The highest BCUT2D eigenvalue weighted by Gasteiger charge is 2.38. The van der Waals surface area contributed by atoms with E-state index in [1.165, 1.54) is 11.8 Å². The molecule has 1 aliphatic heterocycles. The van der Waals surface area contributed by atoms with Crippen molar-refractivity contribution < 1.29 is 14.3 Å². The number of carbonyl (C=O) groups excluding carboxylic acids is 2. The van der Waals surface area contributed by atoms with Gasteiger partial charge in [0.05, 0.1) is 18.5 Å². The number of aryl methyl sites for hydroxylation is 1. The number of methoxy groups -OCH3 is 1. The van der Waals surface area contributed by atoms with Gasteiger partial charge in [-0.05, 0) is 30.7 Å². The van der Waals surface area contributed by atoms with E-state index in [9.17, 15) is 9.59 Å². The first kappa shape index (κ1) is 20.7. The van der Waals surface area contributed by atoms with E-state index in [2.05, 4.69) is 16.9 Å². The first-order valence-corrected chi connectivity index (χ1v) is 10.1. The van der Waals surface area contributed by atoms with Gasteiger partial charge in [0.25, 0.3) is 0 Å². The first-order chi connectivity index (χ1) is 14.0. The molecule has 1 saturated heterocycles. The van der Waals surface area contributed by atoms with Crippen molar-refractivity contribution in [1.29, 1.82) is 0 Å². The van der Waals surface area contributed by atoms with E-state index >= 15 is 0 Å². The van der Waals surface area contributed by atoms with Crippen molar-refractivity contribution in [2.45, 2.75) is 18.6 Å². The van der Waals surface area contributed by atoms with Crippen molar-refractivity contribution in [3.63, 3.8) is 0 Å². The molecule has 1 aliphatic rings. The minimum Gasteiger partial charge on any atom is -0.495 e. The van der Waals surface area contributed by atoms with Crippen LogP contribution >= 0.6 is 11.8 Å². The topological polar surface area (TPSA) is 71.0 Å². The highest BCUT2D eigenvalue weighted by Crippen LogP contribution is 2.33. The van der Waals surface area contributed by atoms with Crippen LogP contribution < -0.4 is 10.1 Å². The van der Waals surface area contributed by atoms with Crippen LogP contribution in [0.15, 0.2) is 66.2 Å². The number of hydrogen-bond donors (Lipinski definition) is 1. The average molecular weight is 410 g/mol. The van der Waals surface area contributed by atoms with Crippen molar-refractivity contribution in [2.24, 2.45) is 4.99 Å². The number of anilines is 1. The minimum atomic E-state index is -0.535. The molecule has 2 aromatic rings. The molecule has 150 valence electrons. The number of amidine groups is 1. The third kappa shape index (κ3) is 4.86. The molecule has 3 rings (SSSR count). The monoisotopic (exact) mass is 409 g/mol. The van der Waals surface area contributed by atoms with Crippen LogP contribution in [0, 0.1) is 6.92 Å². The Labute approximate surface area is 174 Å². The molecule has 0 unspecified atom stereocenters. The summed E-state index contributed by atoms with van der Waals surface area (Å²) in [4.78, 5) is 31.7. The summed E-state index contributed by atoms with van der Waals surface area (Å²) < 4.78 is 5.26. The number of ether oxygens (including phenoxy) is 1.